The molecule has 3 atom stereocenters. The third-order valence-corrected chi connectivity index (χ3v) is 7.67. The number of aromatic nitrogens is 3. The molecule has 11 heteroatoms. The van der Waals surface area contributed by atoms with Crippen molar-refractivity contribution in [2.75, 3.05) is 20.3 Å². The Balaban J connectivity index is 1.51. The Morgan fingerprint density at radius 2 is 2.08 bits per heavy atom. The van der Waals surface area contributed by atoms with E-state index in [9.17, 15) is 9.59 Å². The van der Waals surface area contributed by atoms with Gasteiger partial charge in [0.2, 0.25) is 11.8 Å². The zero-order chi connectivity index (χ0) is 27.5. The fourth-order valence-electron chi connectivity index (χ4n) is 5.42. The maximum Gasteiger partial charge on any atom is 0.274 e. The summed E-state index contributed by atoms with van der Waals surface area (Å²) >= 11 is 6.20. The second kappa shape index (κ2) is 11.7. The van der Waals surface area contributed by atoms with Gasteiger partial charge in [0, 0.05) is 41.8 Å². The van der Waals surface area contributed by atoms with Crippen LogP contribution in [0.1, 0.15) is 54.4 Å². The molecule has 1 aromatic carbocycles. The number of pyridine rings is 1. The molecule has 5 rings (SSSR count). The third kappa shape index (κ3) is 5.91. The van der Waals surface area contributed by atoms with Crippen molar-refractivity contribution in [1.29, 1.82) is 0 Å². The van der Waals surface area contributed by atoms with Crippen LogP contribution in [0.3, 0.4) is 0 Å². The SMILES string of the molecule is COc1cc(-c2cc(C(=O)N3CCC(C(N)=O)CC3Cc3cccc(Cl)c3)nn2C2CCCCO2)c(F)cn1. The highest BCUT2D eigenvalue weighted by molar-refractivity contribution is 6.30. The summed E-state index contributed by atoms with van der Waals surface area (Å²) in [7, 11) is 1.45. The topological polar surface area (TPSA) is 113 Å². The summed E-state index contributed by atoms with van der Waals surface area (Å²) in [5, 5.41) is 5.25. The second-order valence-electron chi connectivity index (χ2n) is 10.00. The molecule has 206 valence electrons. The molecular weight excluding hydrogens is 525 g/mol. The Hall–Kier alpha value is -3.50. The minimum atomic E-state index is -0.562. The van der Waals surface area contributed by atoms with Crippen molar-refractivity contribution in [2.45, 2.75) is 50.8 Å². The predicted octanol–water partition coefficient (Wildman–Crippen LogP) is 4.39. The van der Waals surface area contributed by atoms with Crippen molar-refractivity contribution in [1.82, 2.24) is 19.7 Å². The lowest BCUT2D eigenvalue weighted by atomic mass is 9.87. The van der Waals surface area contributed by atoms with Gasteiger partial charge in [0.1, 0.15) is 0 Å². The summed E-state index contributed by atoms with van der Waals surface area (Å²) in [6, 6.07) is 10.2. The van der Waals surface area contributed by atoms with Gasteiger partial charge in [-0.25, -0.2) is 14.1 Å². The first-order valence-corrected chi connectivity index (χ1v) is 13.5. The highest BCUT2D eigenvalue weighted by Gasteiger charge is 2.36. The standard InChI is InChI=1S/C28H31ClFN5O4/c1-38-25-14-21(22(30)16-32-25)24-15-23(33-35(24)26-7-2-3-10-39-26)28(37)34-9-8-18(27(31)36)13-20(34)12-17-5-4-6-19(29)11-17/h4-6,11,14-16,18,20,26H,2-3,7-10,12-13H2,1H3,(H2,31,36). The van der Waals surface area contributed by atoms with Gasteiger partial charge in [-0.15, -0.1) is 0 Å². The van der Waals surface area contributed by atoms with Gasteiger partial charge in [-0.3, -0.25) is 9.59 Å². The minimum absolute atomic E-state index is 0.169. The number of amides is 2. The number of benzene rings is 1. The van der Waals surface area contributed by atoms with E-state index in [1.807, 2.05) is 18.2 Å². The number of nitrogens with zero attached hydrogens (tertiary/aromatic N) is 4. The number of rotatable bonds is 7. The highest BCUT2D eigenvalue weighted by atomic mass is 35.5. The van der Waals surface area contributed by atoms with Crippen LogP contribution in [-0.2, 0) is 16.0 Å². The van der Waals surface area contributed by atoms with E-state index in [0.29, 0.717) is 49.6 Å². The molecule has 0 bridgehead atoms. The normalized spacial score (nSPS) is 21.5. The molecule has 3 unspecified atom stereocenters. The molecule has 2 aliphatic rings. The van der Waals surface area contributed by atoms with Crippen LogP contribution >= 0.6 is 11.6 Å². The summed E-state index contributed by atoms with van der Waals surface area (Å²) in [6.45, 7) is 0.898. The van der Waals surface area contributed by atoms with E-state index in [4.69, 9.17) is 26.8 Å². The molecule has 2 N–H and O–H groups in total. The number of primary amides is 1. The first-order chi connectivity index (χ1) is 18.8. The van der Waals surface area contributed by atoms with Crippen LogP contribution in [0.15, 0.2) is 42.6 Å². The molecule has 0 spiro atoms. The Kier molecular flexibility index (Phi) is 8.13. The maximum atomic E-state index is 15.0. The summed E-state index contributed by atoms with van der Waals surface area (Å²) in [5.74, 6) is -1.33. The number of hydrogen-bond donors (Lipinski definition) is 1. The molecule has 2 aliphatic heterocycles. The molecule has 3 aromatic rings. The lowest BCUT2D eigenvalue weighted by Crippen LogP contribution is -2.49. The van der Waals surface area contributed by atoms with Crippen LogP contribution in [0.4, 0.5) is 4.39 Å². The molecule has 9 nitrogen and oxygen atoms in total. The quantitative estimate of drug-likeness (QED) is 0.462. The highest BCUT2D eigenvalue weighted by Crippen LogP contribution is 2.34. The van der Waals surface area contributed by atoms with Crippen LogP contribution in [0.2, 0.25) is 5.02 Å². The van der Waals surface area contributed by atoms with Crippen molar-refractivity contribution in [3.8, 4) is 17.1 Å². The Bertz CT molecular complexity index is 1360. The Labute approximate surface area is 231 Å². The molecule has 2 fully saturated rings. The first kappa shape index (κ1) is 27.1. The molecular formula is C28H31ClFN5O4. The molecule has 39 heavy (non-hydrogen) atoms. The van der Waals surface area contributed by atoms with Crippen molar-refractivity contribution in [2.24, 2.45) is 11.7 Å². The van der Waals surface area contributed by atoms with Gasteiger partial charge in [0.15, 0.2) is 17.7 Å². The van der Waals surface area contributed by atoms with E-state index >= 15 is 4.39 Å². The number of ether oxygens (including phenoxy) is 2. The van der Waals surface area contributed by atoms with Crippen LogP contribution in [-0.4, -0.2) is 57.8 Å². The number of halogens is 2. The molecule has 4 heterocycles. The predicted molar refractivity (Wildman–Crippen MR) is 143 cm³/mol. The lowest BCUT2D eigenvalue weighted by molar-refractivity contribution is -0.123. The Morgan fingerprint density at radius 3 is 2.79 bits per heavy atom. The summed E-state index contributed by atoms with van der Waals surface area (Å²) in [6.07, 6.45) is 4.60. The van der Waals surface area contributed by atoms with Crippen LogP contribution < -0.4 is 10.5 Å². The van der Waals surface area contributed by atoms with Crippen LogP contribution in [0.25, 0.3) is 11.3 Å². The monoisotopic (exact) mass is 555 g/mol. The van der Waals surface area contributed by atoms with Crippen LogP contribution in [0, 0.1) is 11.7 Å². The van der Waals surface area contributed by atoms with Gasteiger partial charge in [-0.2, -0.15) is 5.10 Å². The van der Waals surface area contributed by atoms with Gasteiger partial charge >= 0.3 is 0 Å². The van der Waals surface area contributed by atoms with Gasteiger partial charge in [-0.1, -0.05) is 23.7 Å². The molecule has 0 saturated carbocycles. The minimum Gasteiger partial charge on any atom is -0.481 e. The average molecular weight is 556 g/mol. The second-order valence-corrected chi connectivity index (χ2v) is 10.4. The number of likely N-dealkylation sites (tertiary alicyclic amines) is 1. The molecule has 0 radical (unpaired) electrons. The molecule has 2 saturated heterocycles. The van der Waals surface area contributed by atoms with E-state index in [-0.39, 0.29) is 40.9 Å². The number of hydrogen-bond acceptors (Lipinski definition) is 6. The average Bonchev–Trinajstić information content (AvgIpc) is 3.39. The fraction of sp³-hybridized carbons (Fsp3) is 0.429. The zero-order valence-electron chi connectivity index (χ0n) is 21.7. The van der Waals surface area contributed by atoms with E-state index in [2.05, 4.69) is 10.1 Å². The van der Waals surface area contributed by atoms with E-state index in [1.54, 1.807) is 21.7 Å². The third-order valence-electron chi connectivity index (χ3n) is 7.44. The smallest absolute Gasteiger partial charge is 0.274 e. The lowest BCUT2D eigenvalue weighted by Gasteiger charge is -2.38. The number of carbonyl (C=O) groups is 2. The number of nitrogens with two attached hydrogens (primary N) is 1. The van der Waals surface area contributed by atoms with Crippen molar-refractivity contribution >= 4 is 23.4 Å². The molecule has 0 aliphatic carbocycles. The summed E-state index contributed by atoms with van der Waals surface area (Å²) in [5.41, 5.74) is 7.38. The van der Waals surface area contributed by atoms with E-state index in [1.165, 1.54) is 13.2 Å². The molecule has 2 aromatic heterocycles. The van der Waals surface area contributed by atoms with Gasteiger partial charge in [-0.05, 0) is 62.3 Å². The van der Waals surface area contributed by atoms with Gasteiger partial charge < -0.3 is 20.1 Å². The van der Waals surface area contributed by atoms with Gasteiger partial charge in [0.05, 0.1) is 19.0 Å². The van der Waals surface area contributed by atoms with Crippen molar-refractivity contribution < 1.29 is 23.5 Å². The van der Waals surface area contributed by atoms with E-state index in [0.717, 1.165) is 24.6 Å². The largest absolute Gasteiger partial charge is 0.481 e. The van der Waals surface area contributed by atoms with Crippen LogP contribution in [0.5, 0.6) is 5.88 Å². The van der Waals surface area contributed by atoms with Gasteiger partial charge in [0.25, 0.3) is 5.91 Å². The maximum absolute atomic E-state index is 15.0. The molecule has 2 amide bonds. The first-order valence-electron chi connectivity index (χ1n) is 13.1. The number of piperidine rings is 1. The summed E-state index contributed by atoms with van der Waals surface area (Å²) in [4.78, 5) is 31.7. The fourth-order valence-corrected chi connectivity index (χ4v) is 5.63. The number of methoxy groups -OCH3 is 1. The Morgan fingerprint density at radius 1 is 1.23 bits per heavy atom. The number of carbonyl (C=O) groups excluding carboxylic acids is 2. The zero-order valence-corrected chi connectivity index (χ0v) is 22.4. The van der Waals surface area contributed by atoms with Crippen molar-refractivity contribution in [3.05, 3.63) is 64.7 Å². The van der Waals surface area contributed by atoms with E-state index < -0.39 is 12.0 Å². The summed E-state index contributed by atoms with van der Waals surface area (Å²) < 4.78 is 27.8. The van der Waals surface area contributed by atoms with Crippen molar-refractivity contribution in [3.63, 3.8) is 0 Å².